The number of hydrogen-bond acceptors (Lipinski definition) is 5. The number of benzene rings is 1. The number of rotatable bonds is 6. The molecule has 4 aromatic heterocycles. The lowest BCUT2D eigenvalue weighted by atomic mass is 10.00. The predicted molar refractivity (Wildman–Crippen MR) is 140 cm³/mol. The van der Waals surface area contributed by atoms with Crippen molar-refractivity contribution in [2.75, 3.05) is 0 Å². The van der Waals surface area contributed by atoms with Gasteiger partial charge in [0.2, 0.25) is 0 Å². The van der Waals surface area contributed by atoms with Crippen LogP contribution in [0, 0.1) is 6.92 Å². The van der Waals surface area contributed by atoms with Crippen LogP contribution >= 0.6 is 0 Å². The fourth-order valence-electron chi connectivity index (χ4n) is 4.29. The van der Waals surface area contributed by atoms with Gasteiger partial charge in [0.25, 0.3) is 11.5 Å². The number of amides is 1. The van der Waals surface area contributed by atoms with Gasteiger partial charge in [0.1, 0.15) is 0 Å². The van der Waals surface area contributed by atoms with E-state index in [-0.39, 0.29) is 24.1 Å². The average molecular weight is 479 g/mol. The van der Waals surface area contributed by atoms with Crippen molar-refractivity contribution in [3.05, 3.63) is 100 Å². The van der Waals surface area contributed by atoms with E-state index in [0.717, 1.165) is 22.4 Å². The van der Waals surface area contributed by atoms with E-state index in [9.17, 15) is 9.59 Å². The SMILES string of the molecule is Cc1cc(-c2ccccc2)c(CNC(=O)c2cc(-c3ccncc3)nc3c2cnn3C(C)C)c(=O)[nH]1. The van der Waals surface area contributed by atoms with Crippen molar-refractivity contribution in [1.29, 1.82) is 0 Å². The van der Waals surface area contributed by atoms with E-state index in [1.54, 1.807) is 29.3 Å². The van der Waals surface area contributed by atoms with Gasteiger partial charge in [-0.25, -0.2) is 9.67 Å². The standard InChI is InChI=1S/C28H26N6O2/c1-17(2)34-26-23(16-31-34)22(14-25(33-26)20-9-11-29-12-10-20)27(35)30-15-24-21(13-18(3)32-28(24)36)19-7-5-4-6-8-19/h4-14,16-17H,15H2,1-3H3,(H,30,35)(H,32,36). The van der Waals surface area contributed by atoms with Gasteiger partial charge in [-0.2, -0.15) is 5.10 Å². The molecule has 0 aliphatic heterocycles. The lowest BCUT2D eigenvalue weighted by Crippen LogP contribution is -2.28. The van der Waals surface area contributed by atoms with Gasteiger partial charge < -0.3 is 10.3 Å². The van der Waals surface area contributed by atoms with Crippen molar-refractivity contribution in [3.63, 3.8) is 0 Å². The summed E-state index contributed by atoms with van der Waals surface area (Å²) >= 11 is 0. The summed E-state index contributed by atoms with van der Waals surface area (Å²) in [6, 6.07) is 17.1. The van der Waals surface area contributed by atoms with Crippen LogP contribution in [-0.4, -0.2) is 30.6 Å². The number of aromatic amines is 1. The second-order valence-electron chi connectivity index (χ2n) is 8.93. The average Bonchev–Trinajstić information content (AvgIpc) is 3.32. The second-order valence-corrected chi connectivity index (χ2v) is 8.93. The molecule has 0 atom stereocenters. The number of fused-ring (bicyclic) bond motifs is 1. The van der Waals surface area contributed by atoms with E-state index < -0.39 is 0 Å². The zero-order valence-electron chi connectivity index (χ0n) is 20.3. The quantitative estimate of drug-likeness (QED) is 0.369. The van der Waals surface area contributed by atoms with Gasteiger partial charge in [0.15, 0.2) is 5.65 Å². The minimum atomic E-state index is -0.306. The molecule has 5 aromatic rings. The molecular weight excluding hydrogens is 452 g/mol. The van der Waals surface area contributed by atoms with Crippen molar-refractivity contribution in [3.8, 4) is 22.4 Å². The Morgan fingerprint density at radius 3 is 2.53 bits per heavy atom. The van der Waals surface area contributed by atoms with Crippen molar-refractivity contribution in [1.82, 2.24) is 30.0 Å². The predicted octanol–water partition coefficient (Wildman–Crippen LogP) is 4.67. The Labute approximate surface area is 208 Å². The number of H-pyrrole nitrogens is 1. The molecule has 0 bridgehead atoms. The number of nitrogens with one attached hydrogen (secondary N) is 2. The van der Waals surface area contributed by atoms with Crippen molar-refractivity contribution < 1.29 is 4.79 Å². The third-order valence-electron chi connectivity index (χ3n) is 6.06. The Morgan fingerprint density at radius 1 is 1.06 bits per heavy atom. The van der Waals surface area contributed by atoms with E-state index in [2.05, 4.69) is 20.4 Å². The number of carbonyl (C=O) groups excluding carboxylic acids is 1. The molecule has 0 radical (unpaired) electrons. The lowest BCUT2D eigenvalue weighted by molar-refractivity contribution is 0.0952. The van der Waals surface area contributed by atoms with Crippen LogP contribution in [0.1, 0.15) is 41.5 Å². The molecular formula is C28H26N6O2. The van der Waals surface area contributed by atoms with Crippen LogP contribution in [-0.2, 0) is 6.54 Å². The third-order valence-corrected chi connectivity index (χ3v) is 6.06. The monoisotopic (exact) mass is 478 g/mol. The van der Waals surface area contributed by atoms with Gasteiger partial charge >= 0.3 is 0 Å². The minimum absolute atomic E-state index is 0.0677. The minimum Gasteiger partial charge on any atom is -0.348 e. The first kappa shape index (κ1) is 23.2. The Bertz CT molecular complexity index is 1600. The third kappa shape index (κ3) is 4.40. The summed E-state index contributed by atoms with van der Waals surface area (Å²) in [5.74, 6) is -0.306. The molecule has 1 aromatic carbocycles. The van der Waals surface area contributed by atoms with Crippen LogP contribution in [0.15, 0.2) is 78.0 Å². The van der Waals surface area contributed by atoms with Gasteiger partial charge in [0.05, 0.1) is 22.8 Å². The fraction of sp³-hybridized carbons (Fsp3) is 0.179. The Hall–Kier alpha value is -4.59. The number of pyridine rings is 3. The topological polar surface area (TPSA) is 106 Å². The van der Waals surface area contributed by atoms with Crippen LogP contribution < -0.4 is 10.9 Å². The van der Waals surface area contributed by atoms with Crippen LogP contribution in [0.5, 0.6) is 0 Å². The maximum Gasteiger partial charge on any atom is 0.253 e. The van der Waals surface area contributed by atoms with Gasteiger partial charge in [-0.3, -0.25) is 14.6 Å². The van der Waals surface area contributed by atoms with Gasteiger partial charge in [-0.05, 0) is 56.2 Å². The highest BCUT2D eigenvalue weighted by atomic mass is 16.1. The van der Waals surface area contributed by atoms with Gasteiger partial charge in [-0.1, -0.05) is 30.3 Å². The smallest absolute Gasteiger partial charge is 0.253 e. The molecule has 36 heavy (non-hydrogen) atoms. The maximum absolute atomic E-state index is 13.5. The summed E-state index contributed by atoms with van der Waals surface area (Å²) in [5.41, 5.74) is 5.31. The van der Waals surface area contributed by atoms with Crippen molar-refractivity contribution >= 4 is 16.9 Å². The molecule has 0 unspecified atom stereocenters. The first-order valence-corrected chi connectivity index (χ1v) is 11.8. The largest absolute Gasteiger partial charge is 0.348 e. The molecule has 4 heterocycles. The number of hydrogen-bond donors (Lipinski definition) is 2. The van der Waals surface area contributed by atoms with E-state index in [1.165, 1.54) is 0 Å². The summed E-state index contributed by atoms with van der Waals surface area (Å²) in [6.07, 6.45) is 5.05. The van der Waals surface area contributed by atoms with Crippen LogP contribution in [0.2, 0.25) is 0 Å². The molecule has 180 valence electrons. The number of nitrogens with zero attached hydrogens (tertiary/aromatic N) is 4. The first-order chi connectivity index (χ1) is 17.4. The zero-order valence-corrected chi connectivity index (χ0v) is 20.3. The fourth-order valence-corrected chi connectivity index (χ4v) is 4.29. The molecule has 8 heteroatoms. The van der Waals surface area contributed by atoms with Crippen LogP contribution in [0.25, 0.3) is 33.4 Å². The molecule has 0 aliphatic rings. The molecule has 0 saturated heterocycles. The van der Waals surface area contributed by atoms with Crippen LogP contribution in [0.3, 0.4) is 0 Å². The van der Waals surface area contributed by atoms with E-state index in [4.69, 9.17) is 4.98 Å². The molecule has 2 N–H and O–H groups in total. The molecule has 0 aliphatic carbocycles. The highest BCUT2D eigenvalue weighted by Crippen LogP contribution is 2.27. The van der Waals surface area contributed by atoms with E-state index in [1.807, 2.05) is 69.3 Å². The molecule has 1 amide bonds. The van der Waals surface area contributed by atoms with Crippen LogP contribution in [0.4, 0.5) is 0 Å². The maximum atomic E-state index is 13.5. The zero-order chi connectivity index (χ0) is 25.2. The molecule has 0 spiro atoms. The van der Waals surface area contributed by atoms with Gasteiger partial charge in [-0.15, -0.1) is 0 Å². The molecule has 8 nitrogen and oxygen atoms in total. The summed E-state index contributed by atoms with van der Waals surface area (Å²) in [5, 5.41) is 8.09. The summed E-state index contributed by atoms with van der Waals surface area (Å²) in [6.45, 7) is 5.95. The normalized spacial score (nSPS) is 11.2. The van der Waals surface area contributed by atoms with E-state index in [0.29, 0.717) is 27.9 Å². The second kappa shape index (κ2) is 9.58. The van der Waals surface area contributed by atoms with E-state index >= 15 is 0 Å². The number of carbonyl (C=O) groups is 1. The summed E-state index contributed by atoms with van der Waals surface area (Å²) in [7, 11) is 0. The van der Waals surface area contributed by atoms with Crippen molar-refractivity contribution in [2.24, 2.45) is 0 Å². The Balaban J connectivity index is 1.55. The molecule has 0 fully saturated rings. The molecule has 5 rings (SSSR count). The van der Waals surface area contributed by atoms with Crippen molar-refractivity contribution in [2.45, 2.75) is 33.4 Å². The van der Waals surface area contributed by atoms with Gasteiger partial charge in [0, 0.05) is 41.8 Å². The lowest BCUT2D eigenvalue weighted by Gasteiger charge is -2.13. The Morgan fingerprint density at radius 2 is 1.81 bits per heavy atom. The highest BCUT2D eigenvalue weighted by Gasteiger charge is 2.19. The number of aromatic nitrogens is 5. The number of aryl methyl sites for hydroxylation is 1. The molecule has 0 saturated carbocycles. The first-order valence-electron chi connectivity index (χ1n) is 11.8. The summed E-state index contributed by atoms with van der Waals surface area (Å²) < 4.78 is 1.80. The Kier molecular flexibility index (Phi) is 6.16. The summed E-state index contributed by atoms with van der Waals surface area (Å²) in [4.78, 5) is 38.1. The highest BCUT2D eigenvalue weighted by molar-refractivity contribution is 6.06.